The average Bonchev–Trinajstić information content (AvgIpc) is 3.40. The minimum absolute atomic E-state index is 0.0671. The molecule has 0 bridgehead atoms. The van der Waals surface area contributed by atoms with Crippen molar-refractivity contribution in [2.45, 2.75) is 24.9 Å². The van der Waals surface area contributed by atoms with Gasteiger partial charge in [-0.15, -0.1) is 11.3 Å². The van der Waals surface area contributed by atoms with Crippen LogP contribution in [0.25, 0.3) is 21.6 Å². The first-order valence-electron chi connectivity index (χ1n) is 13.8. The van der Waals surface area contributed by atoms with E-state index in [1.54, 1.807) is 30.3 Å². The molecule has 0 saturated carbocycles. The van der Waals surface area contributed by atoms with Gasteiger partial charge in [-0.3, -0.25) is 20.2 Å². The summed E-state index contributed by atoms with van der Waals surface area (Å²) in [5.74, 6) is -1.19. The molecular weight excluding hydrogens is 612 g/mol. The summed E-state index contributed by atoms with van der Waals surface area (Å²) in [5, 5.41) is 19.8. The van der Waals surface area contributed by atoms with E-state index in [0.29, 0.717) is 58.5 Å². The maximum Gasteiger partial charge on any atom is 0.271 e. The highest BCUT2D eigenvalue weighted by Crippen LogP contribution is 2.49. The number of carbonyl (C=O) groups excluding carboxylic acids is 2. The molecular formula is C32H30Cl2FN3O4S. The summed E-state index contributed by atoms with van der Waals surface area (Å²) in [4.78, 5) is 28.6. The quantitative estimate of drug-likeness (QED) is 0.157. The number of nitrogens with one attached hydrogen (secondary N) is 3. The zero-order valence-electron chi connectivity index (χ0n) is 23.1. The molecule has 7 nitrogen and oxygen atoms in total. The van der Waals surface area contributed by atoms with Crippen molar-refractivity contribution in [3.63, 3.8) is 0 Å². The van der Waals surface area contributed by atoms with Crippen LogP contribution in [0.3, 0.4) is 0 Å². The molecule has 1 saturated heterocycles. The van der Waals surface area contributed by atoms with Gasteiger partial charge < -0.3 is 15.2 Å². The third-order valence-corrected chi connectivity index (χ3v) is 9.11. The summed E-state index contributed by atoms with van der Waals surface area (Å²) < 4.78 is 19.4. The van der Waals surface area contributed by atoms with Crippen molar-refractivity contribution in [3.8, 4) is 27.3 Å². The number of benzene rings is 3. The van der Waals surface area contributed by atoms with Gasteiger partial charge >= 0.3 is 0 Å². The van der Waals surface area contributed by atoms with Crippen LogP contribution in [-0.2, 0) is 11.3 Å². The molecule has 0 aliphatic carbocycles. The number of amides is 2. The molecule has 0 radical (unpaired) electrons. The van der Waals surface area contributed by atoms with Crippen molar-refractivity contribution >= 4 is 46.4 Å². The van der Waals surface area contributed by atoms with Gasteiger partial charge in [-0.05, 0) is 67.4 Å². The molecule has 4 aromatic rings. The van der Waals surface area contributed by atoms with Gasteiger partial charge in [0.1, 0.15) is 22.8 Å². The topological polar surface area (TPSA) is 99.7 Å². The van der Waals surface area contributed by atoms with Gasteiger partial charge in [0.2, 0.25) is 5.91 Å². The van der Waals surface area contributed by atoms with Crippen molar-refractivity contribution in [1.82, 2.24) is 16.0 Å². The molecule has 4 N–H and O–H groups in total. The lowest BCUT2D eigenvalue weighted by Gasteiger charge is -2.37. The Morgan fingerprint density at radius 3 is 2.37 bits per heavy atom. The van der Waals surface area contributed by atoms with Crippen LogP contribution < -0.4 is 20.7 Å². The summed E-state index contributed by atoms with van der Waals surface area (Å²) >= 11 is 13.9. The third-order valence-electron chi connectivity index (χ3n) is 7.32. The van der Waals surface area contributed by atoms with Crippen LogP contribution in [0, 0.1) is 5.82 Å². The first-order valence-corrected chi connectivity index (χ1v) is 15.4. The van der Waals surface area contributed by atoms with Crippen molar-refractivity contribution < 1.29 is 23.8 Å². The van der Waals surface area contributed by atoms with Crippen molar-refractivity contribution in [3.05, 3.63) is 99.1 Å². The third kappa shape index (κ3) is 7.09. The Bertz CT molecular complexity index is 1590. The zero-order chi connectivity index (χ0) is 30.4. The molecule has 0 atom stereocenters. The maximum atomic E-state index is 13.9. The van der Waals surface area contributed by atoms with E-state index in [-0.39, 0.29) is 29.7 Å². The standard InChI is InChI=1S/C32H30Cl2FN3O4S/c33-22-9-7-21(8-10-22)26-27(42-18-17-39)29(43-28(26)24-3-1-2-4-25(24)34)30(40)38-31(41)32(13-15-36-16-14-32)37-19-20-5-11-23(35)12-6-20/h1-12,36-37,39H,13-19H2,(H,38,40,41). The van der Waals surface area contributed by atoms with E-state index in [0.717, 1.165) is 22.5 Å². The minimum Gasteiger partial charge on any atom is -0.489 e. The monoisotopic (exact) mass is 641 g/mol. The van der Waals surface area contributed by atoms with Gasteiger partial charge in [0, 0.05) is 32.6 Å². The molecule has 1 aliphatic heterocycles. The van der Waals surface area contributed by atoms with Gasteiger partial charge in [-0.2, -0.15) is 0 Å². The Morgan fingerprint density at radius 1 is 1.00 bits per heavy atom. The number of aliphatic hydroxyl groups is 1. The lowest BCUT2D eigenvalue weighted by Crippen LogP contribution is -2.61. The molecule has 3 aromatic carbocycles. The molecule has 11 heteroatoms. The Kier molecular flexibility index (Phi) is 10.1. The largest absolute Gasteiger partial charge is 0.489 e. The van der Waals surface area contributed by atoms with Gasteiger partial charge in [0.05, 0.1) is 6.61 Å². The smallest absolute Gasteiger partial charge is 0.271 e. The van der Waals surface area contributed by atoms with Crippen molar-refractivity contribution in [1.29, 1.82) is 0 Å². The number of ether oxygens (including phenoxy) is 1. The minimum atomic E-state index is -1.02. The summed E-state index contributed by atoms with van der Waals surface area (Å²) in [6.07, 6.45) is 0.902. The molecule has 1 fully saturated rings. The number of carbonyl (C=O) groups is 2. The highest BCUT2D eigenvalue weighted by Gasteiger charge is 2.41. The molecule has 1 aromatic heterocycles. The summed E-state index contributed by atoms with van der Waals surface area (Å²) in [5.41, 5.74) is 1.81. The second kappa shape index (κ2) is 14.0. The molecule has 224 valence electrons. The Balaban J connectivity index is 1.51. The lowest BCUT2D eigenvalue weighted by atomic mass is 9.86. The number of piperidine rings is 1. The fourth-order valence-corrected chi connectivity index (χ4v) is 6.67. The second-order valence-corrected chi connectivity index (χ2v) is 12.0. The zero-order valence-corrected chi connectivity index (χ0v) is 25.4. The van der Waals surface area contributed by atoms with Crippen LogP contribution in [0.1, 0.15) is 28.1 Å². The van der Waals surface area contributed by atoms with E-state index in [1.807, 2.05) is 30.3 Å². The van der Waals surface area contributed by atoms with Crippen LogP contribution in [0.4, 0.5) is 4.39 Å². The Morgan fingerprint density at radius 2 is 1.70 bits per heavy atom. The number of hydrogen-bond donors (Lipinski definition) is 4. The van der Waals surface area contributed by atoms with Crippen LogP contribution in [-0.4, -0.2) is 48.8 Å². The highest BCUT2D eigenvalue weighted by atomic mass is 35.5. The number of imide groups is 1. The lowest BCUT2D eigenvalue weighted by molar-refractivity contribution is -0.127. The number of rotatable bonds is 10. The van der Waals surface area contributed by atoms with Gasteiger partial charge in [-0.1, -0.05) is 65.7 Å². The maximum absolute atomic E-state index is 13.9. The van der Waals surface area contributed by atoms with Gasteiger partial charge in [0.25, 0.3) is 5.91 Å². The highest BCUT2D eigenvalue weighted by molar-refractivity contribution is 7.18. The van der Waals surface area contributed by atoms with E-state index >= 15 is 0 Å². The molecule has 0 spiro atoms. The van der Waals surface area contributed by atoms with Crippen LogP contribution >= 0.6 is 34.5 Å². The first kappa shape index (κ1) is 31.1. The Labute approximate surface area is 263 Å². The van der Waals surface area contributed by atoms with E-state index in [9.17, 15) is 19.1 Å². The molecule has 2 heterocycles. The molecule has 1 aliphatic rings. The fraction of sp³-hybridized carbons (Fsp3) is 0.250. The van der Waals surface area contributed by atoms with Crippen LogP contribution in [0.15, 0.2) is 72.8 Å². The Hall–Kier alpha value is -3.31. The number of thiophene rings is 1. The first-order chi connectivity index (χ1) is 20.8. The van der Waals surface area contributed by atoms with Crippen molar-refractivity contribution in [2.75, 3.05) is 26.3 Å². The fourth-order valence-electron chi connectivity index (χ4n) is 5.06. The molecule has 2 amide bonds. The average molecular weight is 643 g/mol. The summed E-state index contributed by atoms with van der Waals surface area (Å²) in [6.45, 7) is 1.14. The predicted molar refractivity (Wildman–Crippen MR) is 168 cm³/mol. The number of aliphatic hydroxyl groups excluding tert-OH is 1. The van der Waals surface area contributed by atoms with E-state index in [4.69, 9.17) is 27.9 Å². The van der Waals surface area contributed by atoms with E-state index < -0.39 is 17.4 Å². The normalized spacial score (nSPS) is 14.3. The predicted octanol–water partition coefficient (Wildman–Crippen LogP) is 6.07. The van der Waals surface area contributed by atoms with Crippen LogP contribution in [0.5, 0.6) is 5.75 Å². The van der Waals surface area contributed by atoms with Crippen molar-refractivity contribution in [2.24, 2.45) is 0 Å². The number of hydrogen-bond acceptors (Lipinski definition) is 7. The molecule has 5 rings (SSSR count). The second-order valence-electron chi connectivity index (χ2n) is 10.1. The van der Waals surface area contributed by atoms with Gasteiger partial charge in [0.15, 0.2) is 5.75 Å². The number of halogens is 3. The van der Waals surface area contributed by atoms with Crippen LogP contribution in [0.2, 0.25) is 10.0 Å². The SMILES string of the molecule is O=C(NC(=O)C1(NCc2ccc(F)cc2)CCNCC1)c1sc(-c2ccccc2Cl)c(-c2ccc(Cl)cc2)c1OCCO. The van der Waals surface area contributed by atoms with E-state index in [1.165, 1.54) is 12.1 Å². The molecule has 43 heavy (non-hydrogen) atoms. The summed E-state index contributed by atoms with van der Waals surface area (Å²) in [6, 6.07) is 20.4. The van der Waals surface area contributed by atoms with E-state index in [2.05, 4.69) is 16.0 Å². The molecule has 0 unspecified atom stereocenters. The van der Waals surface area contributed by atoms with Gasteiger partial charge in [-0.25, -0.2) is 4.39 Å². The summed E-state index contributed by atoms with van der Waals surface area (Å²) in [7, 11) is 0.